The SMILES string of the molecule is C=CCOCCS(=O)(=O)NC(=O)c1ccc2c(c1)N(C[C@H]1CC[C@@H]1/C=C/CCC)C[C@@]1(CCCc3cc(Cl)ccc31)CO2. The number of hydrogen-bond acceptors (Lipinski definition) is 6. The third kappa shape index (κ3) is 7.47. The van der Waals surface area contributed by atoms with Crippen molar-refractivity contribution in [1.29, 1.82) is 0 Å². The Kier molecular flexibility index (Phi) is 10.2. The predicted octanol–water partition coefficient (Wildman–Crippen LogP) is 6.46. The van der Waals surface area contributed by atoms with Gasteiger partial charge in [-0.1, -0.05) is 49.2 Å². The molecule has 1 heterocycles. The van der Waals surface area contributed by atoms with E-state index in [1.54, 1.807) is 24.3 Å². The number of allylic oxidation sites excluding steroid dienone is 2. The highest BCUT2D eigenvalue weighted by atomic mass is 35.5. The largest absolute Gasteiger partial charge is 0.490 e. The Balaban J connectivity index is 1.44. The summed E-state index contributed by atoms with van der Waals surface area (Å²) in [5.74, 6) is 0.776. The van der Waals surface area contributed by atoms with Gasteiger partial charge in [0.25, 0.3) is 5.91 Å². The molecule has 7 nitrogen and oxygen atoms in total. The van der Waals surface area contributed by atoms with Crippen LogP contribution in [0.15, 0.2) is 61.2 Å². The summed E-state index contributed by atoms with van der Waals surface area (Å²) < 4.78 is 39.1. The molecular weight excluding hydrogens is 584 g/mol. The molecule has 3 atom stereocenters. The lowest BCUT2D eigenvalue weighted by Crippen LogP contribution is -2.48. The molecule has 232 valence electrons. The number of ether oxygens (including phenoxy) is 2. The highest BCUT2D eigenvalue weighted by Gasteiger charge is 2.43. The van der Waals surface area contributed by atoms with Gasteiger partial charge in [-0.2, -0.15) is 0 Å². The Morgan fingerprint density at radius 2 is 2.12 bits per heavy atom. The van der Waals surface area contributed by atoms with Gasteiger partial charge in [0.2, 0.25) is 10.0 Å². The van der Waals surface area contributed by atoms with Crippen molar-refractivity contribution >= 4 is 33.2 Å². The van der Waals surface area contributed by atoms with Crippen molar-refractivity contribution in [2.24, 2.45) is 11.8 Å². The number of carbonyl (C=O) groups excluding carboxylic acids is 1. The molecule has 1 aliphatic heterocycles. The van der Waals surface area contributed by atoms with E-state index in [9.17, 15) is 13.2 Å². The van der Waals surface area contributed by atoms with Crippen LogP contribution in [0.3, 0.4) is 0 Å². The highest BCUT2D eigenvalue weighted by molar-refractivity contribution is 7.90. The highest BCUT2D eigenvalue weighted by Crippen LogP contribution is 2.46. The summed E-state index contributed by atoms with van der Waals surface area (Å²) in [5.41, 5.74) is 3.46. The molecule has 1 spiro atoms. The summed E-state index contributed by atoms with van der Waals surface area (Å²) in [6.45, 7) is 8.09. The number of sulfonamides is 1. The normalized spacial score (nSPS) is 23.2. The van der Waals surface area contributed by atoms with E-state index in [1.807, 2.05) is 6.07 Å². The molecule has 1 saturated carbocycles. The second-order valence-corrected chi connectivity index (χ2v) is 14.4. The number of unbranched alkanes of at least 4 members (excludes halogenated alkanes) is 1. The number of benzene rings is 2. The number of aryl methyl sites for hydroxylation is 1. The minimum absolute atomic E-state index is 0.0233. The summed E-state index contributed by atoms with van der Waals surface area (Å²) in [4.78, 5) is 15.6. The topological polar surface area (TPSA) is 84.9 Å². The van der Waals surface area contributed by atoms with Crippen LogP contribution in [0.25, 0.3) is 0 Å². The van der Waals surface area contributed by atoms with Crippen molar-refractivity contribution in [3.8, 4) is 5.75 Å². The summed E-state index contributed by atoms with van der Waals surface area (Å²) in [7, 11) is -3.87. The van der Waals surface area contributed by atoms with Crippen molar-refractivity contribution in [3.63, 3.8) is 0 Å². The summed E-state index contributed by atoms with van der Waals surface area (Å²) in [6, 6.07) is 11.5. The fourth-order valence-electron chi connectivity index (χ4n) is 6.64. The summed E-state index contributed by atoms with van der Waals surface area (Å²) in [6.07, 6.45) is 13.9. The number of anilines is 1. The van der Waals surface area contributed by atoms with Crippen LogP contribution in [0.2, 0.25) is 5.02 Å². The third-order valence-corrected chi connectivity index (χ3v) is 10.5. The van der Waals surface area contributed by atoms with Crippen LogP contribution in [-0.2, 0) is 26.6 Å². The molecule has 1 fully saturated rings. The van der Waals surface area contributed by atoms with E-state index in [1.165, 1.54) is 17.5 Å². The molecule has 0 aromatic heterocycles. The van der Waals surface area contributed by atoms with E-state index in [2.05, 4.69) is 47.4 Å². The Bertz CT molecular complexity index is 1460. The van der Waals surface area contributed by atoms with Crippen LogP contribution in [0.4, 0.5) is 5.69 Å². The standard InChI is InChI=1S/C34H43ClN2O5S/c1-3-5-6-8-25-10-11-28(25)22-37-23-34(16-7-9-26-20-29(35)13-14-30(26)34)24-42-32-15-12-27(21-31(32)37)33(38)36-43(39,40)19-18-41-17-4-2/h4,6,8,12-15,20-21,25,28H,2-3,5,7,9-11,16-19,22-24H2,1H3,(H,36,38)/b8-6+/t25-,28+,34-/m0/s1. The second kappa shape index (κ2) is 13.9. The van der Waals surface area contributed by atoms with E-state index in [-0.39, 0.29) is 29.9 Å². The van der Waals surface area contributed by atoms with Crippen LogP contribution >= 0.6 is 11.6 Å². The molecule has 0 unspecified atom stereocenters. The van der Waals surface area contributed by atoms with Crippen molar-refractivity contribution in [1.82, 2.24) is 4.72 Å². The van der Waals surface area contributed by atoms with Gasteiger partial charge in [0.1, 0.15) is 5.75 Å². The Morgan fingerprint density at radius 3 is 2.88 bits per heavy atom. The molecule has 2 aromatic carbocycles. The first-order valence-corrected chi connectivity index (χ1v) is 17.5. The fraction of sp³-hybridized carbons (Fsp3) is 0.500. The van der Waals surface area contributed by atoms with Gasteiger partial charge in [0.15, 0.2) is 0 Å². The van der Waals surface area contributed by atoms with Crippen LogP contribution in [0.1, 0.15) is 66.9 Å². The van der Waals surface area contributed by atoms with Crippen molar-refractivity contribution < 1.29 is 22.7 Å². The third-order valence-electron chi connectivity index (χ3n) is 9.05. The Hall–Kier alpha value is -2.81. The van der Waals surface area contributed by atoms with E-state index in [4.69, 9.17) is 21.1 Å². The molecular formula is C34H43ClN2O5S. The smallest absolute Gasteiger partial charge is 0.264 e. The maximum absolute atomic E-state index is 13.2. The van der Waals surface area contributed by atoms with Crippen LogP contribution in [0, 0.1) is 11.8 Å². The zero-order valence-electron chi connectivity index (χ0n) is 25.0. The number of hydrogen-bond donors (Lipinski definition) is 1. The van der Waals surface area contributed by atoms with Crippen LogP contribution < -0.4 is 14.4 Å². The monoisotopic (exact) mass is 626 g/mol. The number of rotatable bonds is 12. The molecule has 5 rings (SSSR count). The molecule has 43 heavy (non-hydrogen) atoms. The lowest BCUT2D eigenvalue weighted by molar-refractivity contribution is 0.0981. The average molecular weight is 627 g/mol. The molecule has 3 aliphatic rings. The number of halogens is 1. The van der Waals surface area contributed by atoms with E-state index in [0.29, 0.717) is 24.2 Å². The van der Waals surface area contributed by atoms with E-state index < -0.39 is 15.9 Å². The van der Waals surface area contributed by atoms with Crippen LogP contribution in [0.5, 0.6) is 5.75 Å². The number of nitrogens with one attached hydrogen (secondary N) is 1. The Morgan fingerprint density at radius 1 is 1.26 bits per heavy atom. The first-order valence-electron chi connectivity index (χ1n) is 15.4. The number of amides is 1. The molecule has 1 amide bonds. The van der Waals surface area contributed by atoms with Gasteiger partial charge in [-0.15, -0.1) is 6.58 Å². The van der Waals surface area contributed by atoms with Gasteiger partial charge in [-0.3, -0.25) is 4.79 Å². The van der Waals surface area contributed by atoms with Gasteiger partial charge in [0.05, 0.1) is 31.3 Å². The zero-order chi connectivity index (χ0) is 30.5. The molecule has 0 bridgehead atoms. The Labute approximate surface area is 261 Å². The first-order chi connectivity index (χ1) is 20.7. The van der Waals surface area contributed by atoms with Gasteiger partial charge in [-0.25, -0.2) is 13.1 Å². The van der Waals surface area contributed by atoms with Gasteiger partial charge >= 0.3 is 0 Å². The minimum atomic E-state index is -3.87. The summed E-state index contributed by atoms with van der Waals surface area (Å²) >= 11 is 6.40. The van der Waals surface area contributed by atoms with Gasteiger partial charge in [0, 0.05) is 29.1 Å². The maximum atomic E-state index is 13.2. The lowest BCUT2D eigenvalue weighted by Gasteiger charge is -2.44. The van der Waals surface area contributed by atoms with Crippen molar-refractivity contribution in [2.75, 3.05) is 43.6 Å². The average Bonchev–Trinajstić information content (AvgIpc) is 3.12. The summed E-state index contributed by atoms with van der Waals surface area (Å²) in [5, 5.41) is 0.750. The molecule has 2 aliphatic carbocycles. The number of carbonyl (C=O) groups is 1. The predicted molar refractivity (Wildman–Crippen MR) is 173 cm³/mol. The first kappa shape index (κ1) is 31.6. The molecule has 0 radical (unpaired) electrons. The molecule has 0 saturated heterocycles. The minimum Gasteiger partial charge on any atom is -0.490 e. The molecule has 2 aromatic rings. The number of fused-ring (bicyclic) bond motifs is 3. The van der Waals surface area contributed by atoms with E-state index >= 15 is 0 Å². The zero-order valence-corrected chi connectivity index (χ0v) is 26.6. The second-order valence-electron chi connectivity index (χ2n) is 12.1. The van der Waals surface area contributed by atoms with E-state index in [0.717, 1.165) is 62.3 Å². The fourth-order valence-corrected chi connectivity index (χ4v) is 7.67. The lowest BCUT2D eigenvalue weighted by atomic mass is 9.69. The molecule has 1 N–H and O–H groups in total. The van der Waals surface area contributed by atoms with Crippen molar-refractivity contribution in [3.05, 3.63) is 82.9 Å². The maximum Gasteiger partial charge on any atom is 0.264 e. The van der Waals surface area contributed by atoms with Crippen LogP contribution in [-0.4, -0.2) is 53.0 Å². The van der Waals surface area contributed by atoms with Crippen molar-refractivity contribution in [2.45, 2.75) is 57.3 Å². The van der Waals surface area contributed by atoms with Gasteiger partial charge < -0.3 is 14.4 Å². The molecule has 9 heteroatoms. The van der Waals surface area contributed by atoms with Gasteiger partial charge in [-0.05, 0) is 91.8 Å². The quantitative estimate of drug-likeness (QED) is 0.215. The number of nitrogens with zero attached hydrogens (tertiary/aromatic N) is 1.